The fourth-order valence-corrected chi connectivity index (χ4v) is 6.58. The summed E-state index contributed by atoms with van der Waals surface area (Å²) in [7, 11) is 2.18. The average molecular weight is 507 g/mol. The number of benzene rings is 2. The Labute approximate surface area is 223 Å². The van der Waals surface area contributed by atoms with E-state index in [0.717, 1.165) is 92.6 Å². The number of aromatic amines is 1. The van der Waals surface area contributed by atoms with E-state index in [0.29, 0.717) is 12.2 Å². The largest absolute Gasteiger partial charge is 0.304 e. The van der Waals surface area contributed by atoms with Crippen LogP contribution >= 0.6 is 0 Å². The maximum absolute atomic E-state index is 13.5. The molecular formula is C31H34N6O. The molecule has 4 aromatic rings. The summed E-state index contributed by atoms with van der Waals surface area (Å²) in [5.41, 5.74) is 9.19. The normalized spacial score (nSPS) is 19.8. The Balaban J connectivity index is 1.20. The van der Waals surface area contributed by atoms with E-state index in [2.05, 4.69) is 62.4 Å². The molecule has 7 nitrogen and oxygen atoms in total. The Morgan fingerprint density at radius 1 is 1.11 bits per heavy atom. The summed E-state index contributed by atoms with van der Waals surface area (Å²) in [6, 6.07) is 10.7. The van der Waals surface area contributed by atoms with Crippen LogP contribution < -0.4 is 0 Å². The lowest BCUT2D eigenvalue weighted by Crippen LogP contribution is -2.44. The van der Waals surface area contributed by atoms with Crippen molar-refractivity contribution in [2.24, 2.45) is 10.9 Å². The smallest absolute Gasteiger partial charge is 0.136 e. The molecule has 2 aromatic heterocycles. The number of nitrogens with one attached hydrogen (secondary N) is 1. The molecule has 1 unspecified atom stereocenters. The van der Waals surface area contributed by atoms with Crippen LogP contribution in [0.15, 0.2) is 41.5 Å². The van der Waals surface area contributed by atoms with Crippen LogP contribution in [0.4, 0.5) is 0 Å². The quantitative estimate of drug-likeness (QED) is 0.419. The van der Waals surface area contributed by atoms with Crippen LogP contribution in [0.5, 0.6) is 0 Å². The molecule has 38 heavy (non-hydrogen) atoms. The van der Waals surface area contributed by atoms with Crippen molar-refractivity contribution in [3.05, 3.63) is 58.8 Å². The highest BCUT2D eigenvalue weighted by atomic mass is 16.1. The number of pyridine rings is 1. The third kappa shape index (κ3) is 4.24. The number of H-pyrrole nitrogens is 1. The number of nitrogens with zero attached hydrogens (tertiary/aromatic N) is 5. The fraction of sp³-hybridized carbons (Fsp3) is 0.419. The zero-order valence-electron chi connectivity index (χ0n) is 22.0. The number of rotatable bonds is 6. The van der Waals surface area contributed by atoms with Crippen molar-refractivity contribution in [2.75, 3.05) is 39.8 Å². The van der Waals surface area contributed by atoms with Crippen LogP contribution in [0, 0.1) is 5.92 Å². The van der Waals surface area contributed by atoms with Gasteiger partial charge in [0.25, 0.3) is 0 Å². The van der Waals surface area contributed by atoms with Crippen LogP contribution in [0.25, 0.3) is 33.1 Å². The Bertz CT molecular complexity index is 1560. The molecule has 0 amide bonds. The van der Waals surface area contributed by atoms with Gasteiger partial charge in [0.15, 0.2) is 0 Å². The van der Waals surface area contributed by atoms with Gasteiger partial charge in [0.1, 0.15) is 5.78 Å². The standard InChI is InChI=1S/C31H34N6O/c1-36-11-13-37(14-12-36)10-2-3-29(38)20-6-7-24-25(16-20)31(21-4-5-22-17-32-18-23(22)15-21)34-28-9-8-27-26(30(24)28)19-33-35-27/h4-5,8-9,15,18-20H,2-3,6-7,10-14,16-17H2,1H3,(H,33,35). The third-order valence-electron chi connectivity index (χ3n) is 8.84. The van der Waals surface area contributed by atoms with Gasteiger partial charge in [-0.15, -0.1) is 0 Å². The van der Waals surface area contributed by atoms with E-state index in [9.17, 15) is 4.79 Å². The van der Waals surface area contributed by atoms with Gasteiger partial charge in [-0.2, -0.15) is 5.10 Å². The number of aromatic nitrogens is 3. The number of likely N-dealkylation sites (N-methyl/N-ethyl adjacent to an activating group) is 1. The maximum atomic E-state index is 13.5. The summed E-state index contributed by atoms with van der Waals surface area (Å²) in [5, 5.41) is 9.75. The van der Waals surface area contributed by atoms with Crippen molar-refractivity contribution in [3.63, 3.8) is 0 Å². The Kier molecular flexibility index (Phi) is 6.05. The van der Waals surface area contributed by atoms with E-state index in [4.69, 9.17) is 4.98 Å². The number of hydrogen-bond acceptors (Lipinski definition) is 6. The molecule has 0 saturated carbocycles. The van der Waals surface area contributed by atoms with Gasteiger partial charge in [0, 0.05) is 61.1 Å². The Morgan fingerprint density at radius 2 is 2.00 bits per heavy atom. The zero-order valence-corrected chi connectivity index (χ0v) is 22.0. The summed E-state index contributed by atoms with van der Waals surface area (Å²) in [6.45, 7) is 6.23. The topological polar surface area (TPSA) is 77.5 Å². The Hall–Kier alpha value is -3.42. The van der Waals surface area contributed by atoms with Gasteiger partial charge in [0.2, 0.25) is 0 Å². The first-order valence-electron chi connectivity index (χ1n) is 14.0. The van der Waals surface area contributed by atoms with Crippen molar-refractivity contribution < 1.29 is 4.79 Å². The molecule has 7 rings (SSSR count). The second-order valence-electron chi connectivity index (χ2n) is 11.2. The van der Waals surface area contributed by atoms with Gasteiger partial charge in [-0.3, -0.25) is 14.9 Å². The first-order valence-corrected chi connectivity index (χ1v) is 14.0. The number of aliphatic imine (C=N–C) groups is 1. The second kappa shape index (κ2) is 9.71. The maximum Gasteiger partial charge on any atom is 0.136 e. The molecular weight excluding hydrogens is 472 g/mol. The summed E-state index contributed by atoms with van der Waals surface area (Å²) >= 11 is 0. The third-order valence-corrected chi connectivity index (χ3v) is 8.84. The lowest BCUT2D eigenvalue weighted by molar-refractivity contribution is -0.123. The van der Waals surface area contributed by atoms with Gasteiger partial charge in [-0.25, -0.2) is 4.98 Å². The highest BCUT2D eigenvalue weighted by molar-refractivity contribution is 6.08. The van der Waals surface area contributed by atoms with Gasteiger partial charge in [0.05, 0.1) is 29.5 Å². The second-order valence-corrected chi connectivity index (χ2v) is 11.2. The van der Waals surface area contributed by atoms with E-state index in [1.54, 1.807) is 0 Å². The van der Waals surface area contributed by atoms with Crippen LogP contribution in [-0.4, -0.2) is 76.8 Å². The van der Waals surface area contributed by atoms with E-state index in [1.807, 2.05) is 12.4 Å². The highest BCUT2D eigenvalue weighted by Crippen LogP contribution is 2.40. The van der Waals surface area contributed by atoms with Gasteiger partial charge < -0.3 is 9.80 Å². The number of carbonyl (C=O) groups is 1. The molecule has 4 heterocycles. The zero-order chi connectivity index (χ0) is 25.6. The van der Waals surface area contributed by atoms with Gasteiger partial charge in [-0.05, 0) is 79.7 Å². The van der Waals surface area contributed by atoms with E-state index >= 15 is 0 Å². The van der Waals surface area contributed by atoms with E-state index in [-0.39, 0.29) is 5.92 Å². The van der Waals surface area contributed by atoms with Crippen molar-refractivity contribution in [1.29, 1.82) is 0 Å². The first-order chi connectivity index (χ1) is 18.6. The summed E-state index contributed by atoms with van der Waals surface area (Å²) in [5.74, 6) is 0.478. The number of carbonyl (C=O) groups excluding carboxylic acids is 1. The first kappa shape index (κ1) is 23.7. The number of piperazine rings is 1. The van der Waals surface area contributed by atoms with Crippen LogP contribution in [-0.2, 0) is 24.2 Å². The molecule has 7 heteroatoms. The number of ketones is 1. The molecule has 3 aliphatic rings. The number of Topliss-reactive ketones (excluding diaryl/α,β-unsaturated/α-hetero) is 1. The number of hydrogen-bond donors (Lipinski definition) is 1. The minimum atomic E-state index is 0.0625. The molecule has 0 radical (unpaired) electrons. The SMILES string of the molecule is CN1CCN(CCCC(=O)C2CCc3c(c(-c4ccc5c(c4)C=NC5)nc4ccc5[nH]ncc5c34)C2)CC1. The van der Waals surface area contributed by atoms with Crippen LogP contribution in [0.1, 0.15) is 41.5 Å². The predicted octanol–water partition coefficient (Wildman–Crippen LogP) is 4.41. The van der Waals surface area contributed by atoms with Gasteiger partial charge in [-0.1, -0.05) is 12.1 Å². The number of fused-ring (bicyclic) bond motifs is 6. The summed E-state index contributed by atoms with van der Waals surface area (Å²) in [4.78, 5) is 28.0. The van der Waals surface area contributed by atoms with Crippen molar-refractivity contribution in [2.45, 2.75) is 38.6 Å². The minimum Gasteiger partial charge on any atom is -0.304 e. The molecule has 2 aromatic carbocycles. The lowest BCUT2D eigenvalue weighted by Gasteiger charge is -2.32. The molecule has 194 valence electrons. The Morgan fingerprint density at radius 3 is 2.89 bits per heavy atom. The molecule has 1 N–H and O–H groups in total. The highest BCUT2D eigenvalue weighted by Gasteiger charge is 2.30. The molecule has 0 spiro atoms. The molecule has 1 saturated heterocycles. The lowest BCUT2D eigenvalue weighted by atomic mass is 9.77. The van der Waals surface area contributed by atoms with Crippen molar-refractivity contribution >= 4 is 33.8 Å². The predicted molar refractivity (Wildman–Crippen MR) is 152 cm³/mol. The molecule has 2 aliphatic heterocycles. The molecule has 1 aliphatic carbocycles. The minimum absolute atomic E-state index is 0.0625. The molecule has 0 bridgehead atoms. The van der Waals surface area contributed by atoms with Crippen LogP contribution in [0.3, 0.4) is 0 Å². The summed E-state index contributed by atoms with van der Waals surface area (Å²) < 4.78 is 0. The molecule has 1 atom stereocenters. The fourth-order valence-electron chi connectivity index (χ4n) is 6.58. The van der Waals surface area contributed by atoms with Crippen molar-refractivity contribution in [3.8, 4) is 11.3 Å². The monoisotopic (exact) mass is 506 g/mol. The van der Waals surface area contributed by atoms with Crippen LogP contribution in [0.2, 0.25) is 0 Å². The van der Waals surface area contributed by atoms with E-state index < -0.39 is 0 Å². The van der Waals surface area contributed by atoms with E-state index in [1.165, 1.54) is 27.6 Å². The number of aryl methyl sites for hydroxylation is 1. The average Bonchev–Trinajstić information content (AvgIpc) is 3.62. The summed E-state index contributed by atoms with van der Waals surface area (Å²) in [6.07, 6.45) is 8.07. The van der Waals surface area contributed by atoms with Gasteiger partial charge >= 0.3 is 0 Å². The van der Waals surface area contributed by atoms with Crippen molar-refractivity contribution in [1.82, 2.24) is 25.0 Å². The molecule has 1 fully saturated rings.